The highest BCUT2D eigenvalue weighted by atomic mass is 16.2. The van der Waals surface area contributed by atoms with Crippen molar-refractivity contribution in [3.63, 3.8) is 0 Å². The Kier molecular flexibility index (Phi) is 6.12. The molecule has 0 bridgehead atoms. The van der Waals surface area contributed by atoms with Crippen molar-refractivity contribution in [3.05, 3.63) is 60.2 Å². The number of likely N-dealkylation sites (tertiary alicyclic amines) is 3. The Bertz CT molecular complexity index is 1350. The molecule has 3 heterocycles. The van der Waals surface area contributed by atoms with Gasteiger partial charge in [0.2, 0.25) is 5.91 Å². The van der Waals surface area contributed by atoms with Gasteiger partial charge in [0.1, 0.15) is 6.54 Å². The molecule has 2 unspecified atom stereocenters. The van der Waals surface area contributed by atoms with Crippen LogP contribution in [-0.2, 0) is 4.79 Å². The van der Waals surface area contributed by atoms with E-state index in [0.29, 0.717) is 6.04 Å². The van der Waals surface area contributed by atoms with Crippen molar-refractivity contribution in [2.75, 3.05) is 32.7 Å². The fourth-order valence-electron chi connectivity index (χ4n) is 7.23. The number of nitrogens with zero attached hydrogens (tertiary/aromatic N) is 4. The van der Waals surface area contributed by atoms with Gasteiger partial charge >= 0.3 is 0 Å². The van der Waals surface area contributed by atoms with Crippen LogP contribution in [0.3, 0.4) is 0 Å². The molecule has 0 N–H and O–H groups in total. The molecule has 3 aliphatic rings. The Morgan fingerprint density at radius 1 is 1.03 bits per heavy atom. The van der Waals surface area contributed by atoms with Gasteiger partial charge in [-0.3, -0.25) is 14.5 Å². The zero-order chi connectivity index (χ0) is 25.6. The zero-order valence-electron chi connectivity index (χ0n) is 21.5. The van der Waals surface area contributed by atoms with Gasteiger partial charge in [0.25, 0.3) is 5.91 Å². The van der Waals surface area contributed by atoms with E-state index in [-0.39, 0.29) is 29.8 Å². The first-order valence-corrected chi connectivity index (χ1v) is 13.6. The lowest BCUT2D eigenvalue weighted by Gasteiger charge is -2.45. The van der Waals surface area contributed by atoms with Crippen LogP contribution in [0, 0.1) is 16.7 Å². The van der Waals surface area contributed by atoms with E-state index in [2.05, 4.69) is 48.2 Å². The summed E-state index contributed by atoms with van der Waals surface area (Å²) >= 11 is 0. The minimum absolute atomic E-state index is 0.119. The summed E-state index contributed by atoms with van der Waals surface area (Å²) in [7, 11) is 0. The number of amides is 2. The van der Waals surface area contributed by atoms with Crippen molar-refractivity contribution in [3.8, 4) is 6.07 Å². The van der Waals surface area contributed by atoms with Gasteiger partial charge in [-0.25, -0.2) is 0 Å². The molecule has 190 valence electrons. The van der Waals surface area contributed by atoms with Crippen LogP contribution < -0.4 is 0 Å². The highest BCUT2D eigenvalue weighted by Gasteiger charge is 2.52. The molecule has 3 saturated heterocycles. The maximum absolute atomic E-state index is 13.9. The molecule has 0 aliphatic carbocycles. The van der Waals surface area contributed by atoms with E-state index >= 15 is 0 Å². The van der Waals surface area contributed by atoms with Crippen molar-refractivity contribution in [1.82, 2.24) is 14.7 Å². The Hall–Kier alpha value is -3.43. The second-order valence-corrected chi connectivity index (χ2v) is 11.2. The number of carbonyl (C=O) groups is 2. The molecular formula is C31H34N4O2. The van der Waals surface area contributed by atoms with Gasteiger partial charge in [0, 0.05) is 31.7 Å². The number of nitriles is 1. The Morgan fingerprint density at radius 2 is 1.68 bits per heavy atom. The molecule has 3 aromatic carbocycles. The third-order valence-corrected chi connectivity index (χ3v) is 9.03. The summed E-state index contributed by atoms with van der Waals surface area (Å²) in [4.78, 5) is 33.6. The summed E-state index contributed by atoms with van der Waals surface area (Å²) in [6, 6.07) is 21.2. The summed E-state index contributed by atoms with van der Waals surface area (Å²) in [5, 5.41) is 13.4. The van der Waals surface area contributed by atoms with Crippen molar-refractivity contribution >= 4 is 33.4 Å². The van der Waals surface area contributed by atoms with Gasteiger partial charge in [0.15, 0.2) is 0 Å². The largest absolute Gasteiger partial charge is 0.338 e. The molecular weight excluding hydrogens is 460 g/mol. The second-order valence-electron chi connectivity index (χ2n) is 11.2. The maximum Gasteiger partial charge on any atom is 0.255 e. The van der Waals surface area contributed by atoms with Gasteiger partial charge in [-0.1, -0.05) is 48.5 Å². The number of hydrogen-bond acceptors (Lipinski definition) is 4. The number of benzene rings is 3. The first-order chi connectivity index (χ1) is 18.0. The number of piperidine rings is 2. The second kappa shape index (κ2) is 9.46. The number of fused-ring (bicyclic) bond motifs is 2. The third-order valence-electron chi connectivity index (χ3n) is 9.03. The summed E-state index contributed by atoms with van der Waals surface area (Å²) in [5.41, 5.74) is 0.468. The van der Waals surface area contributed by atoms with Crippen molar-refractivity contribution in [2.45, 2.75) is 51.1 Å². The molecule has 37 heavy (non-hydrogen) atoms. The van der Waals surface area contributed by atoms with Crippen LogP contribution in [0.15, 0.2) is 54.6 Å². The van der Waals surface area contributed by atoms with Gasteiger partial charge in [0.05, 0.1) is 17.0 Å². The fraction of sp³-hybridized carbons (Fsp3) is 0.452. The molecule has 6 heteroatoms. The van der Waals surface area contributed by atoms with E-state index in [0.717, 1.165) is 85.4 Å². The molecule has 0 radical (unpaired) electrons. The van der Waals surface area contributed by atoms with Crippen LogP contribution in [0.5, 0.6) is 0 Å². The predicted molar refractivity (Wildman–Crippen MR) is 145 cm³/mol. The Balaban J connectivity index is 1.19. The minimum Gasteiger partial charge on any atom is -0.338 e. The molecule has 0 saturated carbocycles. The van der Waals surface area contributed by atoms with Gasteiger partial charge < -0.3 is 9.80 Å². The molecule has 2 amide bonds. The van der Waals surface area contributed by atoms with Crippen LogP contribution in [0.4, 0.5) is 0 Å². The quantitative estimate of drug-likeness (QED) is 0.387. The summed E-state index contributed by atoms with van der Waals surface area (Å²) in [5.74, 6) is 0.287. The molecule has 6 nitrogen and oxygen atoms in total. The molecule has 6 rings (SSSR count). The third kappa shape index (κ3) is 4.06. The summed E-state index contributed by atoms with van der Waals surface area (Å²) < 4.78 is 0. The normalized spacial score (nSPS) is 25.3. The topological polar surface area (TPSA) is 67.7 Å². The van der Waals surface area contributed by atoms with Crippen molar-refractivity contribution < 1.29 is 9.59 Å². The zero-order valence-corrected chi connectivity index (χ0v) is 21.5. The monoisotopic (exact) mass is 494 g/mol. The average Bonchev–Trinajstić information content (AvgIpc) is 3.15. The molecule has 3 fully saturated rings. The summed E-state index contributed by atoms with van der Waals surface area (Å²) in [6.07, 6.45) is 4.63. The van der Waals surface area contributed by atoms with Crippen LogP contribution in [0.2, 0.25) is 0 Å². The minimum atomic E-state index is -0.344. The van der Waals surface area contributed by atoms with Crippen LogP contribution >= 0.6 is 0 Å². The van der Waals surface area contributed by atoms with E-state index < -0.39 is 0 Å². The lowest BCUT2D eigenvalue weighted by molar-refractivity contribution is -0.139. The highest BCUT2D eigenvalue weighted by molar-refractivity contribution is 6.18. The lowest BCUT2D eigenvalue weighted by Crippen LogP contribution is -2.54. The van der Waals surface area contributed by atoms with E-state index in [4.69, 9.17) is 0 Å². The van der Waals surface area contributed by atoms with Crippen LogP contribution in [0.25, 0.3) is 21.5 Å². The molecule has 0 aromatic heterocycles. The SMILES string of the molecule is CC1CC2(CCCN(C3CCN(C(=O)c4c5ccccc5cc5ccccc45)CC3)C2)C(=O)N1CC#N. The van der Waals surface area contributed by atoms with Gasteiger partial charge in [-0.05, 0) is 73.2 Å². The number of rotatable bonds is 3. The van der Waals surface area contributed by atoms with Crippen molar-refractivity contribution in [2.24, 2.45) is 5.41 Å². The Morgan fingerprint density at radius 3 is 2.32 bits per heavy atom. The first-order valence-electron chi connectivity index (χ1n) is 13.6. The van der Waals surface area contributed by atoms with Crippen LogP contribution in [-0.4, -0.2) is 71.3 Å². The molecule has 3 aliphatic heterocycles. The van der Waals surface area contributed by atoms with Gasteiger partial charge in [-0.2, -0.15) is 5.26 Å². The summed E-state index contributed by atoms with van der Waals surface area (Å²) in [6.45, 7) is 5.51. The molecule has 1 spiro atoms. The van der Waals surface area contributed by atoms with E-state index in [1.807, 2.05) is 29.2 Å². The fourth-order valence-corrected chi connectivity index (χ4v) is 7.23. The van der Waals surface area contributed by atoms with E-state index in [1.54, 1.807) is 4.90 Å². The average molecular weight is 495 g/mol. The highest BCUT2D eigenvalue weighted by Crippen LogP contribution is 2.44. The molecule has 3 aromatic rings. The number of hydrogen-bond donors (Lipinski definition) is 0. The number of carbonyl (C=O) groups excluding carboxylic acids is 2. The molecule has 2 atom stereocenters. The predicted octanol–water partition coefficient (Wildman–Crippen LogP) is 4.82. The van der Waals surface area contributed by atoms with E-state index in [1.165, 1.54) is 0 Å². The van der Waals surface area contributed by atoms with Crippen LogP contribution in [0.1, 0.15) is 49.4 Å². The maximum atomic E-state index is 13.9. The Labute approximate surface area is 218 Å². The van der Waals surface area contributed by atoms with Gasteiger partial charge in [-0.15, -0.1) is 0 Å². The van der Waals surface area contributed by atoms with E-state index in [9.17, 15) is 14.9 Å². The standard InChI is InChI=1S/C31H34N4O2/c1-22-20-31(30(37)35(22)18-14-32)13-6-15-34(21-31)25-11-16-33(17-12-25)29(36)28-26-9-4-2-7-23(26)19-24-8-3-5-10-27(24)28/h2-5,7-10,19,22,25H,6,11-13,15-18,20-21H2,1H3. The lowest BCUT2D eigenvalue weighted by atomic mass is 9.76. The van der Waals surface area contributed by atoms with Crippen molar-refractivity contribution in [1.29, 1.82) is 5.26 Å². The smallest absolute Gasteiger partial charge is 0.255 e. The first kappa shape index (κ1) is 23.9.